The SMILES string of the molecule is Cc1nn(-c2ccccc2)c(C)c1C(=O)NCCN1C(=O)S/C(=C\c2ccc3c(c2)OCO3)C1=O. The molecule has 0 aliphatic carbocycles. The van der Waals surface area contributed by atoms with Crippen LogP contribution in [-0.4, -0.2) is 51.6 Å². The van der Waals surface area contributed by atoms with Crippen LogP contribution in [0.15, 0.2) is 53.4 Å². The molecule has 3 heterocycles. The zero-order chi connectivity index (χ0) is 24.5. The fraction of sp³-hybridized carbons (Fsp3) is 0.200. The summed E-state index contributed by atoms with van der Waals surface area (Å²) >= 11 is 0.871. The molecule has 0 bridgehead atoms. The van der Waals surface area contributed by atoms with Crippen molar-refractivity contribution in [2.45, 2.75) is 13.8 Å². The molecule has 1 aromatic heterocycles. The lowest BCUT2D eigenvalue weighted by atomic mass is 10.2. The minimum absolute atomic E-state index is 0.0692. The van der Waals surface area contributed by atoms with E-state index in [1.807, 2.05) is 37.3 Å². The Kier molecular flexibility index (Phi) is 6.04. The Labute approximate surface area is 205 Å². The first kappa shape index (κ1) is 22.7. The highest BCUT2D eigenvalue weighted by molar-refractivity contribution is 8.18. The van der Waals surface area contributed by atoms with Crippen LogP contribution in [0.25, 0.3) is 11.8 Å². The van der Waals surface area contributed by atoms with Crippen LogP contribution >= 0.6 is 11.8 Å². The number of hydrogen-bond donors (Lipinski definition) is 1. The lowest BCUT2D eigenvalue weighted by molar-refractivity contribution is -0.122. The Balaban J connectivity index is 1.23. The van der Waals surface area contributed by atoms with E-state index in [1.165, 1.54) is 0 Å². The van der Waals surface area contributed by atoms with Crippen LogP contribution in [0.5, 0.6) is 11.5 Å². The van der Waals surface area contributed by atoms with Crippen molar-refractivity contribution >= 4 is 34.9 Å². The average molecular weight is 491 g/mol. The van der Waals surface area contributed by atoms with E-state index in [-0.39, 0.29) is 31.0 Å². The minimum Gasteiger partial charge on any atom is -0.454 e. The first-order valence-electron chi connectivity index (χ1n) is 11.0. The summed E-state index contributed by atoms with van der Waals surface area (Å²) < 4.78 is 12.4. The normalized spacial score (nSPS) is 15.8. The van der Waals surface area contributed by atoms with Crippen LogP contribution < -0.4 is 14.8 Å². The Morgan fingerprint density at radius 3 is 2.69 bits per heavy atom. The van der Waals surface area contributed by atoms with Crippen molar-refractivity contribution in [1.29, 1.82) is 0 Å². The molecule has 9 nitrogen and oxygen atoms in total. The van der Waals surface area contributed by atoms with Crippen LogP contribution in [0.3, 0.4) is 0 Å². The summed E-state index contributed by atoms with van der Waals surface area (Å²) in [5.41, 5.74) is 3.38. The summed E-state index contributed by atoms with van der Waals surface area (Å²) in [6, 6.07) is 14.9. The second-order valence-corrected chi connectivity index (χ2v) is 8.99. The molecular weight excluding hydrogens is 468 g/mol. The number of aromatic nitrogens is 2. The summed E-state index contributed by atoms with van der Waals surface area (Å²) in [5.74, 6) is 0.550. The van der Waals surface area contributed by atoms with Crippen LogP contribution in [-0.2, 0) is 4.79 Å². The van der Waals surface area contributed by atoms with Crippen molar-refractivity contribution in [1.82, 2.24) is 20.0 Å². The first-order chi connectivity index (χ1) is 16.9. The molecule has 0 spiro atoms. The zero-order valence-electron chi connectivity index (χ0n) is 19.1. The molecule has 0 radical (unpaired) electrons. The lowest BCUT2D eigenvalue weighted by Gasteiger charge is -2.13. The molecule has 2 aliphatic heterocycles. The van der Waals surface area contributed by atoms with Crippen molar-refractivity contribution < 1.29 is 23.9 Å². The van der Waals surface area contributed by atoms with Gasteiger partial charge in [-0.05, 0) is 61.5 Å². The maximum atomic E-state index is 12.9. The van der Waals surface area contributed by atoms with Gasteiger partial charge in [0.25, 0.3) is 17.1 Å². The third-order valence-corrected chi connectivity index (χ3v) is 6.62. The maximum Gasteiger partial charge on any atom is 0.293 e. The Hall–Kier alpha value is -4.05. The second-order valence-electron chi connectivity index (χ2n) is 8.00. The quantitative estimate of drug-likeness (QED) is 0.526. The van der Waals surface area contributed by atoms with Gasteiger partial charge in [0.2, 0.25) is 6.79 Å². The standard InChI is InChI=1S/C25H22N4O5S/c1-15-22(16(2)29(27-15)18-6-4-3-5-7-18)23(30)26-10-11-28-24(31)21(35-25(28)32)13-17-8-9-19-20(12-17)34-14-33-19/h3-9,12-13H,10-11,14H2,1-2H3,(H,26,30)/b21-13-. The number of imide groups is 1. The van der Waals surface area contributed by atoms with E-state index in [2.05, 4.69) is 10.4 Å². The van der Waals surface area contributed by atoms with Crippen molar-refractivity contribution in [3.8, 4) is 17.2 Å². The number of fused-ring (bicyclic) bond motifs is 1. The van der Waals surface area contributed by atoms with Gasteiger partial charge in [0, 0.05) is 13.1 Å². The highest BCUT2D eigenvalue weighted by Crippen LogP contribution is 2.36. The van der Waals surface area contributed by atoms with Gasteiger partial charge < -0.3 is 14.8 Å². The fourth-order valence-electron chi connectivity index (χ4n) is 4.01. The van der Waals surface area contributed by atoms with E-state index in [1.54, 1.807) is 35.9 Å². The van der Waals surface area contributed by atoms with Crippen molar-refractivity contribution in [3.05, 3.63) is 76.0 Å². The van der Waals surface area contributed by atoms with Gasteiger partial charge in [0.1, 0.15) is 0 Å². The summed E-state index contributed by atoms with van der Waals surface area (Å²) in [5, 5.41) is 6.93. The molecule has 1 saturated heterocycles. The monoisotopic (exact) mass is 490 g/mol. The number of carbonyl (C=O) groups excluding carboxylic acids is 3. The number of amides is 3. The number of nitrogens with zero attached hydrogens (tertiary/aromatic N) is 3. The molecule has 2 aromatic carbocycles. The van der Waals surface area contributed by atoms with Gasteiger partial charge in [-0.15, -0.1) is 0 Å². The molecule has 3 aromatic rings. The fourth-order valence-corrected chi connectivity index (χ4v) is 4.87. The largest absolute Gasteiger partial charge is 0.454 e. The van der Waals surface area contributed by atoms with Crippen LogP contribution in [0, 0.1) is 13.8 Å². The minimum atomic E-state index is -0.392. The van der Waals surface area contributed by atoms with Crippen LogP contribution in [0.4, 0.5) is 4.79 Å². The van der Waals surface area contributed by atoms with Gasteiger partial charge in [-0.3, -0.25) is 19.3 Å². The molecular formula is C25H22N4O5S. The second kappa shape index (κ2) is 9.30. The van der Waals surface area contributed by atoms with E-state index >= 15 is 0 Å². The van der Waals surface area contributed by atoms with Crippen LogP contribution in [0.2, 0.25) is 0 Å². The van der Waals surface area contributed by atoms with E-state index < -0.39 is 5.91 Å². The zero-order valence-corrected chi connectivity index (χ0v) is 19.9. The topological polar surface area (TPSA) is 103 Å². The number of aryl methyl sites for hydroxylation is 1. The van der Waals surface area contributed by atoms with Crippen molar-refractivity contribution in [3.63, 3.8) is 0 Å². The van der Waals surface area contributed by atoms with Gasteiger partial charge in [0.15, 0.2) is 11.5 Å². The first-order valence-corrected chi connectivity index (χ1v) is 11.8. The Bertz CT molecular complexity index is 1370. The van der Waals surface area contributed by atoms with Crippen molar-refractivity contribution in [2.75, 3.05) is 19.9 Å². The molecule has 178 valence electrons. The number of rotatable bonds is 6. The number of para-hydroxylation sites is 1. The van der Waals surface area contributed by atoms with E-state index in [9.17, 15) is 14.4 Å². The Morgan fingerprint density at radius 2 is 1.89 bits per heavy atom. The Morgan fingerprint density at radius 1 is 1.11 bits per heavy atom. The third kappa shape index (κ3) is 4.40. The molecule has 0 unspecified atom stereocenters. The number of thioether (sulfide) groups is 1. The summed E-state index contributed by atoms with van der Waals surface area (Å²) in [6.45, 7) is 3.97. The summed E-state index contributed by atoms with van der Waals surface area (Å²) in [6.07, 6.45) is 1.65. The van der Waals surface area contributed by atoms with Gasteiger partial charge >= 0.3 is 0 Å². The van der Waals surface area contributed by atoms with Crippen LogP contribution in [0.1, 0.15) is 27.3 Å². The number of ether oxygens (including phenoxy) is 2. The highest BCUT2D eigenvalue weighted by atomic mass is 32.2. The third-order valence-electron chi connectivity index (χ3n) is 5.71. The molecule has 0 atom stereocenters. The van der Waals surface area contributed by atoms with Crippen molar-refractivity contribution in [2.24, 2.45) is 0 Å². The molecule has 35 heavy (non-hydrogen) atoms. The smallest absolute Gasteiger partial charge is 0.293 e. The van der Waals surface area contributed by atoms with E-state index in [4.69, 9.17) is 9.47 Å². The number of benzene rings is 2. The molecule has 0 saturated carbocycles. The molecule has 10 heteroatoms. The highest BCUT2D eigenvalue weighted by Gasteiger charge is 2.35. The summed E-state index contributed by atoms with van der Waals surface area (Å²) in [4.78, 5) is 39.6. The number of hydrogen-bond acceptors (Lipinski definition) is 7. The van der Waals surface area contributed by atoms with E-state index in [0.29, 0.717) is 33.4 Å². The molecule has 3 amide bonds. The van der Waals surface area contributed by atoms with Gasteiger partial charge in [0.05, 0.1) is 27.5 Å². The summed E-state index contributed by atoms with van der Waals surface area (Å²) in [7, 11) is 0. The maximum absolute atomic E-state index is 12.9. The molecule has 2 aliphatic rings. The number of nitrogens with one attached hydrogen (secondary N) is 1. The molecule has 5 rings (SSSR count). The molecule has 1 fully saturated rings. The van der Waals surface area contributed by atoms with Gasteiger partial charge in [-0.25, -0.2) is 4.68 Å². The molecule has 1 N–H and O–H groups in total. The van der Waals surface area contributed by atoms with Gasteiger partial charge in [-0.1, -0.05) is 24.3 Å². The predicted molar refractivity (Wildman–Crippen MR) is 131 cm³/mol. The average Bonchev–Trinajstić information content (AvgIpc) is 3.51. The predicted octanol–water partition coefficient (Wildman–Crippen LogP) is 3.68. The number of carbonyl (C=O) groups is 3. The van der Waals surface area contributed by atoms with E-state index in [0.717, 1.165) is 27.9 Å². The van der Waals surface area contributed by atoms with Gasteiger partial charge in [-0.2, -0.15) is 5.10 Å². The lowest BCUT2D eigenvalue weighted by Crippen LogP contribution is -2.37.